The Kier molecular flexibility index (Phi) is 7.27. The highest BCUT2D eigenvalue weighted by molar-refractivity contribution is 7.99. The van der Waals surface area contributed by atoms with Gasteiger partial charge in [0.2, 0.25) is 0 Å². The molecule has 2 aliphatic heterocycles. The van der Waals surface area contributed by atoms with Gasteiger partial charge in [-0.05, 0) is 6.42 Å². The van der Waals surface area contributed by atoms with E-state index in [9.17, 15) is 9.59 Å². The van der Waals surface area contributed by atoms with Gasteiger partial charge in [-0.3, -0.25) is 4.79 Å². The number of unbranched alkanes of at least 4 members (excludes halogenated alkanes) is 1. The molecule has 2 amide bonds. The quantitative estimate of drug-likeness (QED) is 0.470. The van der Waals surface area contributed by atoms with E-state index in [1.165, 1.54) is 0 Å². The van der Waals surface area contributed by atoms with Gasteiger partial charge in [0.1, 0.15) is 0 Å². The van der Waals surface area contributed by atoms with Crippen LogP contribution in [0.25, 0.3) is 0 Å². The van der Waals surface area contributed by atoms with Crippen molar-refractivity contribution in [1.82, 2.24) is 10.6 Å². The van der Waals surface area contributed by atoms with E-state index in [0.717, 1.165) is 24.3 Å². The van der Waals surface area contributed by atoms with Crippen LogP contribution >= 0.6 is 23.4 Å². The molecule has 18 heavy (non-hydrogen) atoms. The van der Waals surface area contributed by atoms with E-state index in [1.807, 2.05) is 18.7 Å². The Balaban J connectivity index is 0.000000180. The molecule has 104 valence electrons. The standard InChI is InChI=1S/C6H11ClO2.C5H8N2OS/c1-2-3-4-6(8)9-5-7;8-5-6-3-1-9-2-4(3)7-5/h2-5H2,1H3;3-4H,1-2H2,(H2,6,7,8). The van der Waals surface area contributed by atoms with Crippen molar-refractivity contribution in [2.45, 2.75) is 38.3 Å². The third-order valence-corrected chi connectivity index (χ3v) is 3.96. The van der Waals surface area contributed by atoms with Crippen LogP contribution in [0.1, 0.15) is 26.2 Å². The molecule has 2 heterocycles. The summed E-state index contributed by atoms with van der Waals surface area (Å²) in [5.41, 5.74) is 0. The molecule has 0 aromatic carbocycles. The van der Waals surface area contributed by atoms with Crippen LogP contribution in [0.15, 0.2) is 0 Å². The Morgan fingerprint density at radius 1 is 1.44 bits per heavy atom. The van der Waals surface area contributed by atoms with Crippen LogP contribution in [0, 0.1) is 0 Å². The molecule has 5 nitrogen and oxygen atoms in total. The average molecular weight is 295 g/mol. The van der Waals surface area contributed by atoms with Gasteiger partial charge in [-0.25, -0.2) is 4.79 Å². The number of ether oxygens (including phenoxy) is 1. The number of rotatable bonds is 4. The van der Waals surface area contributed by atoms with Crippen molar-refractivity contribution in [3.63, 3.8) is 0 Å². The molecule has 2 saturated heterocycles. The highest BCUT2D eigenvalue weighted by Crippen LogP contribution is 2.20. The maximum Gasteiger partial charge on any atom is 0.315 e. The molecule has 2 atom stereocenters. The monoisotopic (exact) mass is 294 g/mol. The van der Waals surface area contributed by atoms with Gasteiger partial charge in [0, 0.05) is 17.9 Å². The summed E-state index contributed by atoms with van der Waals surface area (Å²) in [6.45, 7) is 2.02. The first kappa shape index (κ1) is 15.4. The molecule has 0 bridgehead atoms. The van der Waals surface area contributed by atoms with E-state index in [4.69, 9.17) is 11.6 Å². The van der Waals surface area contributed by atoms with E-state index in [2.05, 4.69) is 15.4 Å². The van der Waals surface area contributed by atoms with Crippen molar-refractivity contribution in [3.8, 4) is 0 Å². The second-order valence-electron chi connectivity index (χ2n) is 4.10. The van der Waals surface area contributed by atoms with Crippen molar-refractivity contribution in [2.75, 3.05) is 17.6 Å². The fourth-order valence-electron chi connectivity index (χ4n) is 1.67. The van der Waals surface area contributed by atoms with E-state index in [0.29, 0.717) is 18.5 Å². The number of halogens is 1. The zero-order valence-corrected chi connectivity index (χ0v) is 12.0. The molecule has 2 aliphatic rings. The number of nitrogens with one attached hydrogen (secondary N) is 2. The second kappa shape index (κ2) is 8.48. The predicted molar refractivity (Wildman–Crippen MR) is 72.9 cm³/mol. The molecule has 2 fully saturated rings. The number of carbonyl (C=O) groups excluding carboxylic acids is 2. The lowest BCUT2D eigenvalue weighted by Crippen LogP contribution is -2.31. The van der Waals surface area contributed by atoms with Crippen LogP contribution < -0.4 is 10.6 Å². The van der Waals surface area contributed by atoms with Crippen molar-refractivity contribution < 1.29 is 14.3 Å². The molecule has 0 aromatic rings. The predicted octanol–water partition coefficient (Wildman–Crippen LogP) is 1.70. The maximum absolute atomic E-state index is 10.6. The summed E-state index contributed by atoms with van der Waals surface area (Å²) >= 11 is 7.02. The molecule has 0 aromatic heterocycles. The van der Waals surface area contributed by atoms with Gasteiger partial charge >= 0.3 is 12.0 Å². The number of thioether (sulfide) groups is 1. The van der Waals surface area contributed by atoms with E-state index >= 15 is 0 Å². The smallest absolute Gasteiger partial charge is 0.315 e. The van der Waals surface area contributed by atoms with Gasteiger partial charge in [0.15, 0.2) is 6.07 Å². The van der Waals surface area contributed by atoms with Crippen LogP contribution in [0.2, 0.25) is 0 Å². The summed E-state index contributed by atoms with van der Waals surface area (Å²) in [6, 6.07) is 0.790. The molecular formula is C11H19ClN2O3S. The molecule has 0 saturated carbocycles. The lowest BCUT2D eigenvalue weighted by molar-refractivity contribution is -0.141. The van der Waals surface area contributed by atoms with Crippen LogP contribution in [0.5, 0.6) is 0 Å². The average Bonchev–Trinajstić information content (AvgIpc) is 2.87. The van der Waals surface area contributed by atoms with Gasteiger partial charge in [-0.15, -0.1) is 0 Å². The number of alkyl halides is 1. The first-order chi connectivity index (χ1) is 8.67. The minimum Gasteiger partial charge on any atom is -0.449 e. The molecule has 2 rings (SSSR count). The molecule has 2 N–H and O–H groups in total. The van der Waals surface area contributed by atoms with Gasteiger partial charge in [0.05, 0.1) is 12.1 Å². The van der Waals surface area contributed by atoms with E-state index in [1.54, 1.807) is 0 Å². The zero-order valence-electron chi connectivity index (χ0n) is 10.4. The number of urea groups is 1. The van der Waals surface area contributed by atoms with E-state index < -0.39 is 0 Å². The Morgan fingerprint density at radius 2 is 2.06 bits per heavy atom. The lowest BCUT2D eigenvalue weighted by atomic mass is 10.2. The van der Waals surface area contributed by atoms with E-state index in [-0.39, 0.29) is 18.1 Å². The molecular weight excluding hydrogens is 276 g/mol. The number of carbonyl (C=O) groups is 2. The SMILES string of the molecule is CCCCC(=O)OCCl.O=C1NC2CSCC2N1. The number of esters is 1. The Morgan fingerprint density at radius 3 is 2.56 bits per heavy atom. The minimum absolute atomic E-state index is 0.00491. The van der Waals surface area contributed by atoms with Crippen molar-refractivity contribution in [2.24, 2.45) is 0 Å². The third-order valence-electron chi connectivity index (χ3n) is 2.66. The number of hydrogen-bond acceptors (Lipinski definition) is 4. The molecule has 0 spiro atoms. The van der Waals surface area contributed by atoms with Crippen LogP contribution in [-0.2, 0) is 9.53 Å². The Hall–Kier alpha value is -0.620. The first-order valence-corrected chi connectivity index (χ1v) is 7.72. The summed E-state index contributed by atoms with van der Waals surface area (Å²) in [6.07, 6.45) is 2.39. The topological polar surface area (TPSA) is 67.4 Å². The fourth-order valence-corrected chi connectivity index (χ4v) is 3.07. The number of amides is 2. The summed E-state index contributed by atoms with van der Waals surface area (Å²) in [7, 11) is 0. The fraction of sp³-hybridized carbons (Fsp3) is 0.818. The van der Waals surface area contributed by atoms with Crippen LogP contribution in [0.3, 0.4) is 0 Å². The molecule has 2 unspecified atom stereocenters. The van der Waals surface area contributed by atoms with Crippen LogP contribution in [0.4, 0.5) is 4.79 Å². The van der Waals surface area contributed by atoms with Crippen LogP contribution in [-0.4, -0.2) is 41.7 Å². The lowest BCUT2D eigenvalue weighted by Gasteiger charge is -2.02. The van der Waals surface area contributed by atoms with Gasteiger partial charge < -0.3 is 15.4 Å². The number of hydrogen-bond donors (Lipinski definition) is 2. The van der Waals surface area contributed by atoms with Crippen molar-refractivity contribution in [3.05, 3.63) is 0 Å². The van der Waals surface area contributed by atoms with Gasteiger partial charge in [-0.2, -0.15) is 11.8 Å². The van der Waals surface area contributed by atoms with Gasteiger partial charge in [-0.1, -0.05) is 24.9 Å². The number of fused-ring (bicyclic) bond motifs is 1. The summed E-state index contributed by atoms with van der Waals surface area (Å²) in [5, 5.41) is 5.69. The zero-order chi connectivity index (χ0) is 13.4. The van der Waals surface area contributed by atoms with Gasteiger partial charge in [0.25, 0.3) is 0 Å². The largest absolute Gasteiger partial charge is 0.449 e. The van der Waals surface area contributed by atoms with Crippen molar-refractivity contribution in [1.29, 1.82) is 0 Å². The second-order valence-corrected chi connectivity index (χ2v) is 5.39. The first-order valence-electron chi connectivity index (χ1n) is 6.03. The normalized spacial score (nSPS) is 24.4. The highest BCUT2D eigenvalue weighted by atomic mass is 35.5. The summed E-state index contributed by atoms with van der Waals surface area (Å²) in [4.78, 5) is 21.1. The summed E-state index contributed by atoms with van der Waals surface area (Å²) < 4.78 is 4.47. The highest BCUT2D eigenvalue weighted by Gasteiger charge is 2.35. The Labute approximate surface area is 116 Å². The third kappa shape index (κ3) is 5.35. The minimum atomic E-state index is -0.202. The molecule has 0 radical (unpaired) electrons. The summed E-state index contributed by atoms with van der Waals surface area (Å²) in [5.74, 6) is 1.94. The Bertz CT molecular complexity index is 275. The molecule has 0 aliphatic carbocycles. The van der Waals surface area contributed by atoms with Crippen molar-refractivity contribution >= 4 is 35.4 Å². The maximum atomic E-state index is 10.6. The molecule has 7 heteroatoms.